The molecule has 1 aromatic heterocycles. The van der Waals surface area contributed by atoms with E-state index in [9.17, 15) is 13.2 Å². The molecule has 0 saturated heterocycles. The fourth-order valence-corrected chi connectivity index (χ4v) is 1.44. The standard InChI is InChI=1S/C12H18F3N3/c1-8(2)5-16-7-10-9(3)6-17-11(18-10)4-12(13,14)15/h6,8,16H,4-5,7H2,1-3H3. The maximum Gasteiger partial charge on any atom is 0.396 e. The number of hydrogen-bond acceptors (Lipinski definition) is 3. The fourth-order valence-electron chi connectivity index (χ4n) is 1.44. The van der Waals surface area contributed by atoms with Gasteiger partial charge in [-0.25, -0.2) is 9.97 Å². The van der Waals surface area contributed by atoms with E-state index in [0.717, 1.165) is 12.1 Å². The summed E-state index contributed by atoms with van der Waals surface area (Å²) in [6.07, 6.45) is -3.90. The third-order valence-electron chi connectivity index (χ3n) is 2.33. The molecule has 0 amide bonds. The number of alkyl halides is 3. The molecule has 0 aliphatic carbocycles. The third kappa shape index (κ3) is 5.44. The van der Waals surface area contributed by atoms with Crippen molar-refractivity contribution < 1.29 is 13.2 Å². The van der Waals surface area contributed by atoms with Crippen LogP contribution in [0.3, 0.4) is 0 Å². The van der Waals surface area contributed by atoms with Gasteiger partial charge in [-0.1, -0.05) is 13.8 Å². The van der Waals surface area contributed by atoms with E-state index in [1.54, 1.807) is 6.92 Å². The lowest BCUT2D eigenvalue weighted by Gasteiger charge is -2.11. The van der Waals surface area contributed by atoms with Crippen LogP contribution in [0.5, 0.6) is 0 Å². The minimum atomic E-state index is -4.27. The van der Waals surface area contributed by atoms with Crippen LogP contribution in [0.15, 0.2) is 6.20 Å². The fraction of sp³-hybridized carbons (Fsp3) is 0.667. The summed E-state index contributed by atoms with van der Waals surface area (Å²) in [4.78, 5) is 7.67. The van der Waals surface area contributed by atoms with Crippen LogP contribution in [-0.2, 0) is 13.0 Å². The first-order valence-corrected chi connectivity index (χ1v) is 5.87. The molecule has 0 unspecified atom stereocenters. The molecule has 0 atom stereocenters. The highest BCUT2D eigenvalue weighted by molar-refractivity contribution is 5.15. The van der Waals surface area contributed by atoms with Crippen molar-refractivity contribution in [2.75, 3.05) is 6.54 Å². The summed E-state index contributed by atoms with van der Waals surface area (Å²) >= 11 is 0. The lowest BCUT2D eigenvalue weighted by atomic mass is 10.2. The lowest BCUT2D eigenvalue weighted by molar-refractivity contribution is -0.128. The molecule has 1 aromatic rings. The molecule has 1 rings (SSSR count). The Morgan fingerprint density at radius 1 is 1.33 bits per heavy atom. The van der Waals surface area contributed by atoms with Crippen molar-refractivity contribution in [1.29, 1.82) is 0 Å². The van der Waals surface area contributed by atoms with Crippen molar-refractivity contribution in [2.24, 2.45) is 5.92 Å². The van der Waals surface area contributed by atoms with Crippen molar-refractivity contribution in [3.05, 3.63) is 23.3 Å². The molecule has 0 saturated carbocycles. The van der Waals surface area contributed by atoms with Gasteiger partial charge in [0.2, 0.25) is 0 Å². The molecule has 0 aliphatic rings. The number of aryl methyl sites for hydroxylation is 1. The Morgan fingerprint density at radius 2 is 2.00 bits per heavy atom. The number of rotatable bonds is 5. The van der Waals surface area contributed by atoms with E-state index in [1.165, 1.54) is 6.20 Å². The van der Waals surface area contributed by atoms with E-state index in [1.807, 2.05) is 0 Å². The minimum absolute atomic E-state index is 0.172. The van der Waals surface area contributed by atoms with Crippen molar-refractivity contribution >= 4 is 0 Å². The van der Waals surface area contributed by atoms with E-state index >= 15 is 0 Å². The normalized spacial score (nSPS) is 12.2. The predicted octanol–water partition coefficient (Wildman–Crippen LogP) is 2.64. The summed E-state index contributed by atoms with van der Waals surface area (Å²) in [7, 11) is 0. The molecule has 3 nitrogen and oxygen atoms in total. The number of halogens is 3. The highest BCUT2D eigenvalue weighted by Gasteiger charge is 2.29. The second-order valence-corrected chi connectivity index (χ2v) is 4.73. The molecule has 0 spiro atoms. The SMILES string of the molecule is Cc1cnc(CC(F)(F)F)nc1CNCC(C)C. The van der Waals surface area contributed by atoms with Crippen molar-refractivity contribution in [1.82, 2.24) is 15.3 Å². The molecular weight excluding hydrogens is 243 g/mol. The van der Waals surface area contributed by atoms with E-state index in [0.29, 0.717) is 18.2 Å². The summed E-state index contributed by atoms with van der Waals surface area (Å²) in [5.74, 6) is 0.316. The zero-order chi connectivity index (χ0) is 13.8. The average molecular weight is 261 g/mol. The Bertz CT molecular complexity index is 389. The number of aromatic nitrogens is 2. The molecule has 1 N–H and O–H groups in total. The lowest BCUT2D eigenvalue weighted by Crippen LogP contribution is -2.21. The smallest absolute Gasteiger partial charge is 0.311 e. The van der Waals surface area contributed by atoms with Gasteiger partial charge in [-0.3, -0.25) is 0 Å². The first-order valence-electron chi connectivity index (χ1n) is 5.87. The first-order chi connectivity index (χ1) is 8.28. The topological polar surface area (TPSA) is 37.8 Å². The van der Waals surface area contributed by atoms with Gasteiger partial charge in [0.15, 0.2) is 0 Å². The Morgan fingerprint density at radius 3 is 2.56 bits per heavy atom. The molecule has 18 heavy (non-hydrogen) atoms. The molecule has 1 heterocycles. The van der Waals surface area contributed by atoms with Gasteiger partial charge in [0.1, 0.15) is 12.2 Å². The van der Waals surface area contributed by atoms with Gasteiger partial charge >= 0.3 is 6.18 Å². The van der Waals surface area contributed by atoms with E-state index < -0.39 is 12.6 Å². The van der Waals surface area contributed by atoms with Crippen molar-refractivity contribution in [3.63, 3.8) is 0 Å². The molecule has 0 aromatic carbocycles. The summed E-state index contributed by atoms with van der Waals surface area (Å²) < 4.78 is 36.7. The van der Waals surface area contributed by atoms with Gasteiger partial charge in [0, 0.05) is 12.7 Å². The second-order valence-electron chi connectivity index (χ2n) is 4.73. The summed E-state index contributed by atoms with van der Waals surface area (Å²) in [5, 5.41) is 3.16. The molecule has 0 radical (unpaired) electrons. The summed E-state index contributed by atoms with van der Waals surface area (Å²) in [6, 6.07) is 0. The Labute approximate surface area is 105 Å². The van der Waals surface area contributed by atoms with E-state index in [4.69, 9.17) is 0 Å². The molecule has 0 aliphatic heterocycles. The van der Waals surface area contributed by atoms with E-state index in [-0.39, 0.29) is 5.82 Å². The Hall–Kier alpha value is -1.17. The zero-order valence-corrected chi connectivity index (χ0v) is 10.8. The van der Waals surface area contributed by atoms with Crippen molar-refractivity contribution in [3.8, 4) is 0 Å². The van der Waals surface area contributed by atoms with Crippen LogP contribution >= 0.6 is 0 Å². The predicted molar refractivity (Wildman–Crippen MR) is 63.1 cm³/mol. The number of nitrogens with zero attached hydrogens (tertiary/aromatic N) is 2. The van der Waals surface area contributed by atoms with Crippen LogP contribution < -0.4 is 5.32 Å². The number of hydrogen-bond donors (Lipinski definition) is 1. The van der Waals surface area contributed by atoms with Crippen LogP contribution in [-0.4, -0.2) is 22.7 Å². The maximum absolute atomic E-state index is 12.2. The zero-order valence-electron chi connectivity index (χ0n) is 10.8. The minimum Gasteiger partial charge on any atom is -0.311 e. The van der Waals surface area contributed by atoms with Gasteiger partial charge in [0.05, 0.1) is 5.69 Å². The van der Waals surface area contributed by atoms with Gasteiger partial charge < -0.3 is 5.32 Å². The monoisotopic (exact) mass is 261 g/mol. The molecular formula is C12H18F3N3. The van der Waals surface area contributed by atoms with Gasteiger partial charge in [-0.15, -0.1) is 0 Å². The second kappa shape index (κ2) is 6.13. The Balaban J connectivity index is 2.69. The van der Waals surface area contributed by atoms with Crippen LogP contribution in [0.4, 0.5) is 13.2 Å². The largest absolute Gasteiger partial charge is 0.396 e. The average Bonchev–Trinajstić information content (AvgIpc) is 2.20. The molecule has 6 heteroatoms. The van der Waals surface area contributed by atoms with Gasteiger partial charge in [-0.2, -0.15) is 13.2 Å². The maximum atomic E-state index is 12.2. The molecule has 102 valence electrons. The molecule has 0 fully saturated rings. The third-order valence-corrected chi connectivity index (χ3v) is 2.33. The highest BCUT2D eigenvalue weighted by atomic mass is 19.4. The van der Waals surface area contributed by atoms with Crippen LogP contribution in [0.2, 0.25) is 0 Å². The summed E-state index contributed by atoms with van der Waals surface area (Å²) in [6.45, 7) is 7.20. The Kier molecular flexibility index (Phi) is 5.07. The quantitative estimate of drug-likeness (QED) is 0.885. The van der Waals surface area contributed by atoms with Crippen LogP contribution in [0, 0.1) is 12.8 Å². The van der Waals surface area contributed by atoms with Crippen molar-refractivity contribution in [2.45, 2.75) is 39.9 Å². The van der Waals surface area contributed by atoms with Gasteiger partial charge in [-0.05, 0) is 24.9 Å². The van der Waals surface area contributed by atoms with E-state index in [2.05, 4.69) is 29.1 Å². The van der Waals surface area contributed by atoms with Crippen LogP contribution in [0.1, 0.15) is 30.9 Å². The summed E-state index contributed by atoms with van der Waals surface area (Å²) in [5.41, 5.74) is 1.43. The van der Waals surface area contributed by atoms with Crippen LogP contribution in [0.25, 0.3) is 0 Å². The number of nitrogens with one attached hydrogen (secondary N) is 1. The highest BCUT2D eigenvalue weighted by Crippen LogP contribution is 2.19. The molecule has 0 bridgehead atoms. The van der Waals surface area contributed by atoms with Gasteiger partial charge in [0.25, 0.3) is 0 Å². The first kappa shape index (κ1) is 14.9.